The van der Waals surface area contributed by atoms with Crippen LogP contribution in [0.5, 0.6) is 0 Å². The second kappa shape index (κ2) is 29.0. The van der Waals surface area contributed by atoms with Crippen LogP contribution in [0.15, 0.2) is 110 Å². The van der Waals surface area contributed by atoms with Crippen molar-refractivity contribution in [1.82, 2.24) is 73.4 Å². The lowest BCUT2D eigenvalue weighted by Crippen LogP contribution is -2.42. The average Bonchev–Trinajstić information content (AvgIpc) is 1.61. The molecule has 550 valence electrons. The minimum absolute atomic E-state index is 0.0480. The molecule has 6 amide bonds. The van der Waals surface area contributed by atoms with Crippen molar-refractivity contribution in [2.24, 2.45) is 33.4 Å². The van der Waals surface area contributed by atoms with E-state index in [0.717, 1.165) is 86.7 Å². The van der Waals surface area contributed by atoms with E-state index in [1.165, 1.54) is 29.5 Å². The molecular weight excluding hydrogens is 1350 g/mol. The Kier molecular flexibility index (Phi) is 19.5. The van der Waals surface area contributed by atoms with E-state index in [0.29, 0.717) is 86.5 Å². The lowest BCUT2D eigenvalue weighted by atomic mass is 9.65. The van der Waals surface area contributed by atoms with Crippen molar-refractivity contribution < 1.29 is 28.8 Å². The third kappa shape index (κ3) is 14.6. The van der Waals surface area contributed by atoms with Gasteiger partial charge in [-0.3, -0.25) is 42.8 Å². The molecule has 9 heterocycles. The van der Waals surface area contributed by atoms with Crippen LogP contribution < -0.4 is 34.4 Å². The first-order chi connectivity index (χ1) is 51.4. The fourth-order valence-corrected chi connectivity index (χ4v) is 17.0. The van der Waals surface area contributed by atoms with E-state index in [1.807, 2.05) is 86.0 Å². The van der Waals surface area contributed by atoms with Gasteiger partial charge in [0.2, 0.25) is 0 Å². The number of hydrogen-bond donors (Lipinski definition) is 6. The van der Waals surface area contributed by atoms with Gasteiger partial charge >= 0.3 is 0 Å². The summed E-state index contributed by atoms with van der Waals surface area (Å²) < 4.78 is 10.7. The van der Waals surface area contributed by atoms with Crippen LogP contribution in [0, 0.1) is 65.6 Å². The Morgan fingerprint density at radius 1 is 0.467 bits per heavy atom. The van der Waals surface area contributed by atoms with Crippen LogP contribution in [0.25, 0.3) is 33.8 Å². The summed E-state index contributed by atoms with van der Waals surface area (Å²) in [6.07, 6.45) is 19.4. The summed E-state index contributed by atoms with van der Waals surface area (Å²) in [5.41, 5.74) is 47.6. The number of aromatic nitrogens is 12. The van der Waals surface area contributed by atoms with Crippen LogP contribution in [0.1, 0.15) is 180 Å². The van der Waals surface area contributed by atoms with Crippen molar-refractivity contribution in [3.63, 3.8) is 0 Å². The van der Waals surface area contributed by atoms with Crippen molar-refractivity contribution >= 4 is 52.9 Å². The highest BCUT2D eigenvalue weighted by molar-refractivity contribution is 6.05. The zero-order valence-corrected chi connectivity index (χ0v) is 61.0. The zero-order chi connectivity index (χ0) is 75.2. The van der Waals surface area contributed by atoms with Crippen molar-refractivity contribution in [3.8, 4) is 69.3 Å². The second-order valence-electron chi connectivity index (χ2n) is 30.2. The Hall–Kier alpha value is -12.2. The number of likely N-dealkylation sites (tertiary alicyclic amines) is 3. The van der Waals surface area contributed by atoms with E-state index in [1.54, 1.807) is 51.9 Å². The number of nitrogens with two attached hydrogens (primary N) is 6. The highest BCUT2D eigenvalue weighted by Gasteiger charge is 2.54. The van der Waals surface area contributed by atoms with Gasteiger partial charge in [0.1, 0.15) is 51.2 Å². The molecule has 6 aromatic heterocycles. The first-order valence-electron chi connectivity index (χ1n) is 36.4. The van der Waals surface area contributed by atoms with Gasteiger partial charge in [0, 0.05) is 74.5 Å². The molecule has 3 aromatic carbocycles. The molecule has 3 spiro atoms. The number of rotatable bonds is 16. The van der Waals surface area contributed by atoms with E-state index < -0.39 is 17.7 Å². The van der Waals surface area contributed by atoms with Crippen LogP contribution in [-0.4, -0.2) is 148 Å². The van der Waals surface area contributed by atoms with Crippen LogP contribution in [0.3, 0.4) is 0 Å². The Morgan fingerprint density at radius 2 is 0.860 bits per heavy atom. The summed E-state index contributed by atoms with van der Waals surface area (Å²) in [7, 11) is 0. The highest BCUT2D eigenvalue weighted by Crippen LogP contribution is 2.57. The molecule has 4 aliphatic carbocycles. The van der Waals surface area contributed by atoms with Crippen LogP contribution >= 0.6 is 0 Å². The Labute approximate surface area is 620 Å². The molecule has 12 N–H and O–H groups in total. The lowest BCUT2D eigenvalue weighted by Gasteiger charge is -2.45. The van der Waals surface area contributed by atoms with E-state index in [9.17, 15) is 28.8 Å². The molecule has 0 radical (unpaired) electrons. The second-order valence-corrected chi connectivity index (χ2v) is 30.2. The Balaban J connectivity index is 0.000000135. The molecule has 9 aromatic rings. The quantitative estimate of drug-likeness (QED) is 0.0506. The first kappa shape index (κ1) is 71.8. The molecule has 27 nitrogen and oxygen atoms in total. The van der Waals surface area contributed by atoms with Crippen molar-refractivity contribution in [1.29, 1.82) is 0 Å². The first-order valence-corrected chi connectivity index (χ1v) is 36.4. The summed E-state index contributed by atoms with van der Waals surface area (Å²) in [5.74, 6) is 15.3. The van der Waals surface area contributed by atoms with Gasteiger partial charge in [0.05, 0.1) is 55.8 Å². The maximum atomic E-state index is 12.4. The van der Waals surface area contributed by atoms with Gasteiger partial charge in [0.25, 0.3) is 35.4 Å². The van der Waals surface area contributed by atoms with Gasteiger partial charge in [-0.2, -0.15) is 30.6 Å². The van der Waals surface area contributed by atoms with E-state index >= 15 is 0 Å². The number of nitrogen functional groups attached to an aromatic ring is 3. The van der Waals surface area contributed by atoms with Gasteiger partial charge in [-0.15, -0.1) is 0 Å². The van der Waals surface area contributed by atoms with Crippen LogP contribution in [-0.2, 0) is 34.0 Å². The van der Waals surface area contributed by atoms with Crippen molar-refractivity contribution in [2.45, 2.75) is 149 Å². The van der Waals surface area contributed by atoms with E-state index in [-0.39, 0.29) is 86.2 Å². The summed E-state index contributed by atoms with van der Waals surface area (Å²) in [6.45, 7) is 15.0. The number of primary amides is 3. The summed E-state index contributed by atoms with van der Waals surface area (Å²) in [6, 6.07) is 27.1. The molecule has 7 aliphatic rings. The van der Waals surface area contributed by atoms with Gasteiger partial charge < -0.3 is 49.1 Å². The molecular formula is C80H89N21O6. The summed E-state index contributed by atoms with van der Waals surface area (Å²) >= 11 is 0. The van der Waals surface area contributed by atoms with Crippen molar-refractivity contribution in [3.05, 3.63) is 160 Å². The highest BCUT2D eigenvalue weighted by atomic mass is 16.2. The predicted molar refractivity (Wildman–Crippen MR) is 403 cm³/mol. The maximum absolute atomic E-state index is 12.4. The third-order valence-electron chi connectivity index (χ3n) is 22.5. The number of hydrogen-bond acceptors (Lipinski definition) is 15. The smallest absolute Gasteiger partial charge is 0.298 e. The summed E-state index contributed by atoms with van der Waals surface area (Å²) in [4.78, 5) is 79.1. The number of benzene rings is 3. The minimum atomic E-state index is -0.612. The topological polar surface area (TPSA) is 375 Å². The fourth-order valence-electron chi connectivity index (χ4n) is 17.0. The minimum Gasteiger partial charge on any atom is -0.383 e. The number of aryl methyl sites for hydroxylation is 2. The lowest BCUT2D eigenvalue weighted by molar-refractivity contribution is -0.125. The molecule has 0 bridgehead atoms. The number of carbonyl (C=O) groups is 6. The predicted octanol–water partition coefficient (Wildman–Crippen LogP) is 7.65. The molecule has 0 unspecified atom stereocenters. The molecule has 16 rings (SSSR count). The zero-order valence-electron chi connectivity index (χ0n) is 61.0. The third-order valence-corrected chi connectivity index (χ3v) is 22.5. The fraction of sp³-hybridized carbons (Fsp3) is 0.400. The molecule has 0 atom stereocenters. The van der Waals surface area contributed by atoms with Gasteiger partial charge in [-0.1, -0.05) is 102 Å². The SMILES string of the molecule is CC#CC(=O)N1CCC2(CC(n3nc(-c4cn(Cc5cccc(C)c5)nc4C)c(C(N)=O)c3N)C2)C1.CC#CC(=O)N1CCC2(CC(n3nc(-c4cnn(Cc5cccc(C6CC6)c5)c4)c(C(N)=O)c3N)C2)C1.CC#CC(=O)N1CCC2(CC(n3nc(-c4cnn(Cc5ccccc5)c4)c(C(N)=O)c3N)C2)C1. The molecule has 3 aliphatic heterocycles. The van der Waals surface area contributed by atoms with Gasteiger partial charge in [-0.05, 0) is 167 Å². The summed E-state index contributed by atoms with van der Waals surface area (Å²) in [5, 5.41) is 27.9. The molecule has 4 saturated carbocycles. The number of anilines is 3. The van der Waals surface area contributed by atoms with Gasteiger partial charge in [-0.25, -0.2) is 14.0 Å². The normalized spacial score (nSPS) is 21.5. The monoisotopic (exact) mass is 1440 g/mol. The molecule has 107 heavy (non-hydrogen) atoms. The van der Waals surface area contributed by atoms with Crippen LogP contribution in [0.2, 0.25) is 0 Å². The average molecular weight is 1440 g/mol. The van der Waals surface area contributed by atoms with Gasteiger partial charge in [0.15, 0.2) is 0 Å². The number of nitrogens with zero attached hydrogens (tertiary/aromatic N) is 15. The maximum Gasteiger partial charge on any atom is 0.298 e. The largest absolute Gasteiger partial charge is 0.383 e. The van der Waals surface area contributed by atoms with E-state index in [2.05, 4.69) is 100 Å². The molecule has 7 fully saturated rings. The van der Waals surface area contributed by atoms with Crippen LogP contribution in [0.4, 0.5) is 17.5 Å². The molecule has 3 saturated heterocycles. The Bertz CT molecular complexity index is 5180. The van der Waals surface area contributed by atoms with Crippen molar-refractivity contribution in [2.75, 3.05) is 56.5 Å². The molecule has 27 heteroatoms. The number of amides is 6. The standard InChI is InChI=1S/C28H31N7O2.C27H31N7O2.C25H27N7O2/c1-2-4-23(36)33-10-9-28(17-33)12-22(13-28)35-26(29)24(27(30)37)25(32-35)21-14-31-34(16-21)15-18-5-3-6-20(11-18)19-7-8-19;1-4-6-22(35)32-10-9-27(16-32)12-20(13-27)34-25(28)23(26(29)36)24(31-34)21-15-33(30-18(21)3)14-19-8-5-7-17(2)11-19;1-2-6-20(33)30-10-9-25(16-30)11-19(12-25)32-23(26)21(24(27)34)22(29-32)18-13-28-31(15-18)14-17-7-4-3-5-8-17/h3,5-6,11,14,16,19,22H,7-10,12-13,15,17,29H2,1H3,(H2,30,37);5,7-8,11,15,20H,9-10,12-14,16,28H2,1-3H3,(H2,29,36);3-5,7-8,13,15,19H,9-12,14,16,26H2,1H3,(H2,27,34). The number of carbonyl (C=O) groups excluding carboxylic acids is 6. The Morgan fingerprint density at radius 3 is 1.28 bits per heavy atom. The van der Waals surface area contributed by atoms with E-state index in [4.69, 9.17) is 49.7 Å².